The number of hydrogen-bond donors (Lipinski definition) is 0. The molecule has 1 amide bonds. The molecule has 1 fully saturated rings. The van der Waals surface area contributed by atoms with Crippen LogP contribution >= 0.6 is 11.5 Å². The summed E-state index contributed by atoms with van der Waals surface area (Å²) in [6, 6.07) is 9.78. The first kappa shape index (κ1) is 14.2. The SMILES string of the molecule is C[C@@H]1CN(C(=O)c2nnsc2-c2ccccc2)C[C@@H](C)O1. The third kappa shape index (κ3) is 2.96. The van der Waals surface area contributed by atoms with Crippen molar-refractivity contribution in [1.82, 2.24) is 14.5 Å². The van der Waals surface area contributed by atoms with Crippen molar-refractivity contribution in [2.75, 3.05) is 13.1 Å². The van der Waals surface area contributed by atoms with E-state index in [1.807, 2.05) is 49.1 Å². The number of aromatic nitrogens is 2. The summed E-state index contributed by atoms with van der Waals surface area (Å²) < 4.78 is 9.64. The number of rotatable bonds is 2. The fraction of sp³-hybridized carbons (Fsp3) is 0.400. The molecule has 1 aromatic heterocycles. The summed E-state index contributed by atoms with van der Waals surface area (Å²) in [5.41, 5.74) is 1.41. The highest BCUT2D eigenvalue weighted by Gasteiger charge is 2.29. The number of carbonyl (C=O) groups is 1. The van der Waals surface area contributed by atoms with Crippen molar-refractivity contribution < 1.29 is 9.53 Å². The Hall–Kier alpha value is -1.79. The Labute approximate surface area is 127 Å². The number of ether oxygens (including phenoxy) is 1. The van der Waals surface area contributed by atoms with E-state index in [4.69, 9.17) is 4.74 Å². The summed E-state index contributed by atoms with van der Waals surface area (Å²) in [5, 5.41) is 4.05. The van der Waals surface area contributed by atoms with Gasteiger partial charge in [0.1, 0.15) is 0 Å². The minimum absolute atomic E-state index is 0.0458. The Balaban J connectivity index is 1.88. The van der Waals surface area contributed by atoms with E-state index in [9.17, 15) is 4.79 Å². The second-order valence-corrected chi connectivity index (χ2v) is 6.04. The average molecular weight is 303 g/mol. The second kappa shape index (κ2) is 5.91. The Morgan fingerprint density at radius 1 is 1.24 bits per heavy atom. The maximum Gasteiger partial charge on any atom is 0.276 e. The van der Waals surface area contributed by atoms with Gasteiger partial charge in [0.25, 0.3) is 5.91 Å². The lowest BCUT2D eigenvalue weighted by molar-refractivity contribution is -0.0587. The zero-order valence-corrected chi connectivity index (χ0v) is 12.8. The Bertz CT molecular complexity index is 619. The quantitative estimate of drug-likeness (QED) is 0.855. The van der Waals surface area contributed by atoms with Crippen LogP contribution in [0.3, 0.4) is 0 Å². The summed E-state index contributed by atoms with van der Waals surface area (Å²) >= 11 is 1.26. The molecule has 0 radical (unpaired) electrons. The minimum Gasteiger partial charge on any atom is -0.372 e. The first-order chi connectivity index (χ1) is 10.1. The number of hydrogen-bond acceptors (Lipinski definition) is 5. The van der Waals surface area contributed by atoms with Crippen LogP contribution in [-0.4, -0.2) is 45.7 Å². The Morgan fingerprint density at radius 2 is 1.90 bits per heavy atom. The summed E-state index contributed by atoms with van der Waals surface area (Å²) in [6.07, 6.45) is 0.0916. The smallest absolute Gasteiger partial charge is 0.276 e. The van der Waals surface area contributed by atoms with Gasteiger partial charge in [-0.25, -0.2) is 0 Å². The fourth-order valence-electron chi connectivity index (χ4n) is 2.60. The zero-order chi connectivity index (χ0) is 14.8. The van der Waals surface area contributed by atoms with Crippen LogP contribution in [0.25, 0.3) is 10.4 Å². The van der Waals surface area contributed by atoms with Crippen LogP contribution in [0.15, 0.2) is 30.3 Å². The molecule has 110 valence electrons. The zero-order valence-electron chi connectivity index (χ0n) is 12.0. The summed E-state index contributed by atoms with van der Waals surface area (Å²) in [4.78, 5) is 15.4. The van der Waals surface area contributed by atoms with E-state index in [0.29, 0.717) is 18.8 Å². The lowest BCUT2D eigenvalue weighted by Gasteiger charge is -2.35. The topological polar surface area (TPSA) is 55.3 Å². The fourth-order valence-corrected chi connectivity index (χ4v) is 3.26. The van der Waals surface area contributed by atoms with Crippen molar-refractivity contribution in [3.05, 3.63) is 36.0 Å². The third-order valence-corrected chi connectivity index (χ3v) is 4.21. The molecule has 0 aliphatic carbocycles. The van der Waals surface area contributed by atoms with Crippen molar-refractivity contribution in [3.8, 4) is 10.4 Å². The molecule has 0 spiro atoms. The predicted molar refractivity (Wildman–Crippen MR) is 81.3 cm³/mol. The summed E-state index contributed by atoms with van der Waals surface area (Å²) in [7, 11) is 0. The first-order valence-electron chi connectivity index (χ1n) is 6.97. The molecule has 0 bridgehead atoms. The molecule has 0 N–H and O–H groups in total. The largest absolute Gasteiger partial charge is 0.372 e. The second-order valence-electron chi connectivity index (χ2n) is 5.28. The van der Waals surface area contributed by atoms with E-state index in [1.165, 1.54) is 11.5 Å². The van der Waals surface area contributed by atoms with Gasteiger partial charge in [-0.05, 0) is 30.9 Å². The maximum atomic E-state index is 12.7. The molecule has 1 aromatic carbocycles. The van der Waals surface area contributed by atoms with Gasteiger partial charge >= 0.3 is 0 Å². The van der Waals surface area contributed by atoms with Crippen LogP contribution in [0, 0.1) is 0 Å². The van der Waals surface area contributed by atoms with Crippen LogP contribution in [0.5, 0.6) is 0 Å². The molecule has 1 aliphatic heterocycles. The van der Waals surface area contributed by atoms with E-state index in [2.05, 4.69) is 9.59 Å². The number of amides is 1. The van der Waals surface area contributed by atoms with Crippen LogP contribution in [0.4, 0.5) is 0 Å². The Kier molecular flexibility index (Phi) is 3.98. The molecule has 5 nitrogen and oxygen atoms in total. The van der Waals surface area contributed by atoms with Crippen LogP contribution in [0.2, 0.25) is 0 Å². The highest BCUT2D eigenvalue weighted by Crippen LogP contribution is 2.27. The van der Waals surface area contributed by atoms with Crippen molar-refractivity contribution in [2.45, 2.75) is 26.1 Å². The van der Waals surface area contributed by atoms with Gasteiger partial charge in [0.05, 0.1) is 17.1 Å². The molecule has 21 heavy (non-hydrogen) atoms. The standard InChI is InChI=1S/C15H17N3O2S/c1-10-8-18(9-11(2)20-10)15(19)13-14(21-17-16-13)12-6-4-3-5-7-12/h3-7,10-11H,8-9H2,1-2H3/t10-,11-/m1/s1. The van der Waals surface area contributed by atoms with Crippen molar-refractivity contribution in [1.29, 1.82) is 0 Å². The number of morpholine rings is 1. The van der Waals surface area contributed by atoms with Crippen LogP contribution < -0.4 is 0 Å². The van der Waals surface area contributed by atoms with Gasteiger partial charge in [-0.2, -0.15) is 0 Å². The van der Waals surface area contributed by atoms with E-state index in [-0.39, 0.29) is 18.1 Å². The van der Waals surface area contributed by atoms with Gasteiger partial charge in [0, 0.05) is 13.1 Å². The van der Waals surface area contributed by atoms with E-state index in [1.54, 1.807) is 0 Å². The number of carbonyl (C=O) groups excluding carboxylic acids is 1. The monoisotopic (exact) mass is 303 g/mol. The summed E-state index contributed by atoms with van der Waals surface area (Å²) in [5.74, 6) is -0.0652. The molecule has 3 rings (SSSR count). The molecule has 0 saturated carbocycles. The Morgan fingerprint density at radius 3 is 2.57 bits per heavy atom. The van der Waals surface area contributed by atoms with Gasteiger partial charge in [-0.1, -0.05) is 34.8 Å². The van der Waals surface area contributed by atoms with Gasteiger partial charge in [-0.3, -0.25) is 4.79 Å². The normalized spacial score (nSPS) is 22.3. The number of nitrogens with zero attached hydrogens (tertiary/aromatic N) is 3. The average Bonchev–Trinajstić information content (AvgIpc) is 2.95. The molecular weight excluding hydrogens is 286 g/mol. The lowest BCUT2D eigenvalue weighted by atomic mass is 10.1. The lowest BCUT2D eigenvalue weighted by Crippen LogP contribution is -2.48. The molecule has 2 atom stereocenters. The highest BCUT2D eigenvalue weighted by atomic mass is 32.1. The van der Waals surface area contributed by atoms with Gasteiger partial charge in [-0.15, -0.1) is 5.10 Å². The van der Waals surface area contributed by atoms with E-state index in [0.717, 1.165) is 10.4 Å². The van der Waals surface area contributed by atoms with Crippen LogP contribution in [0.1, 0.15) is 24.3 Å². The summed E-state index contributed by atoms with van der Waals surface area (Å²) in [6.45, 7) is 5.14. The van der Waals surface area contributed by atoms with Gasteiger partial charge in [0.2, 0.25) is 0 Å². The molecule has 2 heterocycles. The van der Waals surface area contributed by atoms with Crippen molar-refractivity contribution in [2.24, 2.45) is 0 Å². The highest BCUT2D eigenvalue weighted by molar-refractivity contribution is 7.09. The number of benzene rings is 1. The third-order valence-electron chi connectivity index (χ3n) is 3.43. The van der Waals surface area contributed by atoms with Gasteiger partial charge in [0.15, 0.2) is 5.69 Å². The molecule has 6 heteroatoms. The van der Waals surface area contributed by atoms with Gasteiger partial charge < -0.3 is 9.64 Å². The first-order valence-corrected chi connectivity index (χ1v) is 7.75. The predicted octanol–water partition coefficient (Wildman–Crippen LogP) is 2.45. The molecule has 2 aromatic rings. The van der Waals surface area contributed by atoms with Crippen LogP contribution in [-0.2, 0) is 4.74 Å². The molecule has 1 aliphatic rings. The molecule has 0 unspecified atom stereocenters. The van der Waals surface area contributed by atoms with E-state index >= 15 is 0 Å². The van der Waals surface area contributed by atoms with E-state index < -0.39 is 0 Å². The van der Waals surface area contributed by atoms with Crippen molar-refractivity contribution in [3.63, 3.8) is 0 Å². The van der Waals surface area contributed by atoms with Crippen molar-refractivity contribution >= 4 is 17.4 Å². The molecule has 1 saturated heterocycles. The minimum atomic E-state index is -0.0652. The molecular formula is C15H17N3O2S. The maximum absolute atomic E-state index is 12.7.